The summed E-state index contributed by atoms with van der Waals surface area (Å²) >= 11 is 6.15. The van der Waals surface area contributed by atoms with Crippen molar-refractivity contribution in [3.8, 4) is 55.3 Å². The van der Waals surface area contributed by atoms with E-state index in [2.05, 4.69) is 81.9 Å². The molecule has 10 rings (SSSR count). The normalized spacial score (nSPS) is 11.8. The summed E-state index contributed by atoms with van der Waals surface area (Å²) in [7, 11) is 0. The first kappa shape index (κ1) is 32.2. The largest absolute Gasteiger partial charge is 0.504 e. The average Bonchev–Trinajstić information content (AvgIpc) is 4.06. The topological polar surface area (TPSA) is 68.8 Å². The lowest BCUT2D eigenvalue weighted by Crippen LogP contribution is -2.05. The van der Waals surface area contributed by atoms with Gasteiger partial charge in [0, 0.05) is 71.4 Å². The maximum Gasteiger partial charge on any atom is 0.158 e. The molecule has 0 fully saturated rings. The summed E-state index contributed by atoms with van der Waals surface area (Å²) in [5.41, 5.74) is 7.53. The number of thiophene rings is 4. The zero-order valence-electron chi connectivity index (χ0n) is 28.1. The van der Waals surface area contributed by atoms with Crippen molar-refractivity contribution < 1.29 is 19.7 Å². The smallest absolute Gasteiger partial charge is 0.158 e. The zero-order chi connectivity index (χ0) is 35.5. The molecule has 53 heavy (non-hydrogen) atoms. The standard InChI is InChI=1S/C43H30N2O4S4/c46-40-36(44-32-14-5-1-10-26(32)27-11-2-6-15-33(27)44)22-52-42(40)30-20-50-24-38(30)48-18-9-19-49-39-25-51-21-31(39)43-41(47)37(23-53-43)45-34-16-7-3-12-28(34)29-13-4-8-17-35(29)45/h1-8,10-17,20-25,46-47H,9,18-19H2. The summed E-state index contributed by atoms with van der Waals surface area (Å²) in [4.78, 5) is 1.57. The van der Waals surface area contributed by atoms with Gasteiger partial charge in [-0.05, 0) is 24.3 Å². The quantitative estimate of drug-likeness (QED) is 0.136. The van der Waals surface area contributed by atoms with Crippen LogP contribution in [0.15, 0.2) is 129 Å². The average molecular weight is 767 g/mol. The molecule has 0 amide bonds. The van der Waals surface area contributed by atoms with Crippen molar-refractivity contribution in [3.05, 3.63) is 129 Å². The predicted molar refractivity (Wildman–Crippen MR) is 223 cm³/mol. The molecule has 0 aliphatic heterocycles. The fraction of sp³-hybridized carbons (Fsp3) is 0.0698. The SMILES string of the molecule is Oc1c(-n2c3ccccc3c3ccccc32)csc1-c1cscc1OCCCOc1cscc1-c1scc(-n2c3ccccc3c3ccccc32)c1O. The lowest BCUT2D eigenvalue weighted by molar-refractivity contribution is 0.249. The van der Waals surface area contributed by atoms with Gasteiger partial charge in [-0.1, -0.05) is 72.8 Å². The molecule has 10 aromatic rings. The molecule has 6 nitrogen and oxygen atoms in total. The van der Waals surface area contributed by atoms with Crippen molar-refractivity contribution in [2.75, 3.05) is 13.2 Å². The number of aromatic hydroxyl groups is 2. The third-order valence-electron chi connectivity index (χ3n) is 9.68. The number of rotatable bonds is 10. The first-order valence-electron chi connectivity index (χ1n) is 17.1. The molecule has 0 unspecified atom stereocenters. The highest BCUT2D eigenvalue weighted by atomic mass is 32.1. The second-order valence-electron chi connectivity index (χ2n) is 12.7. The molecule has 0 saturated carbocycles. The van der Waals surface area contributed by atoms with E-state index < -0.39 is 0 Å². The van der Waals surface area contributed by atoms with Crippen LogP contribution in [0.3, 0.4) is 0 Å². The van der Waals surface area contributed by atoms with E-state index in [1.165, 1.54) is 22.7 Å². The first-order chi connectivity index (χ1) is 26.2. The number of hydrogen-bond donors (Lipinski definition) is 2. The number of hydrogen-bond acceptors (Lipinski definition) is 8. The summed E-state index contributed by atoms with van der Waals surface area (Å²) in [6, 6.07) is 33.2. The molecule has 6 aromatic heterocycles. The zero-order valence-corrected chi connectivity index (χ0v) is 31.3. The van der Waals surface area contributed by atoms with Gasteiger partial charge in [0.25, 0.3) is 0 Å². The van der Waals surface area contributed by atoms with Gasteiger partial charge < -0.3 is 28.8 Å². The monoisotopic (exact) mass is 766 g/mol. The lowest BCUT2D eigenvalue weighted by Gasteiger charge is -2.10. The maximum absolute atomic E-state index is 11.6. The second kappa shape index (κ2) is 13.2. The van der Waals surface area contributed by atoms with Gasteiger partial charge in [-0.25, -0.2) is 0 Å². The van der Waals surface area contributed by atoms with Crippen LogP contribution < -0.4 is 9.47 Å². The minimum Gasteiger partial charge on any atom is -0.504 e. The Morgan fingerprint density at radius 1 is 0.453 bits per heavy atom. The fourth-order valence-electron chi connectivity index (χ4n) is 7.30. The van der Waals surface area contributed by atoms with Crippen LogP contribution in [0.25, 0.3) is 75.9 Å². The van der Waals surface area contributed by atoms with E-state index in [0.717, 1.165) is 87.4 Å². The second-order valence-corrected chi connectivity index (χ2v) is 15.9. The Kier molecular flexibility index (Phi) is 7.98. The molecule has 0 bridgehead atoms. The van der Waals surface area contributed by atoms with Crippen LogP contribution in [-0.4, -0.2) is 32.6 Å². The Balaban J connectivity index is 0.842. The van der Waals surface area contributed by atoms with Crippen molar-refractivity contribution in [1.82, 2.24) is 9.13 Å². The summed E-state index contributed by atoms with van der Waals surface area (Å²) < 4.78 is 16.8. The Morgan fingerprint density at radius 3 is 1.19 bits per heavy atom. The van der Waals surface area contributed by atoms with E-state index in [0.29, 0.717) is 19.6 Å². The van der Waals surface area contributed by atoms with E-state index in [9.17, 15) is 10.2 Å². The molecule has 0 aliphatic rings. The van der Waals surface area contributed by atoms with E-state index in [4.69, 9.17) is 9.47 Å². The molecule has 260 valence electrons. The number of fused-ring (bicyclic) bond motifs is 6. The van der Waals surface area contributed by atoms with Crippen LogP contribution in [0.1, 0.15) is 6.42 Å². The maximum atomic E-state index is 11.6. The Bertz CT molecular complexity index is 2630. The summed E-state index contributed by atoms with van der Waals surface area (Å²) in [5.74, 6) is 1.99. The third-order valence-corrected chi connectivity index (χ3v) is 13.1. The predicted octanol–water partition coefficient (Wildman–Crippen LogP) is 12.7. The van der Waals surface area contributed by atoms with E-state index >= 15 is 0 Å². The van der Waals surface area contributed by atoms with Crippen LogP contribution in [0.4, 0.5) is 0 Å². The summed E-state index contributed by atoms with van der Waals surface area (Å²) in [5, 5.41) is 39.9. The van der Waals surface area contributed by atoms with Crippen molar-refractivity contribution in [2.24, 2.45) is 0 Å². The molecule has 0 atom stereocenters. The number of ether oxygens (including phenoxy) is 2. The minimum atomic E-state index is 0.246. The van der Waals surface area contributed by atoms with Gasteiger partial charge in [0.15, 0.2) is 11.5 Å². The highest BCUT2D eigenvalue weighted by Gasteiger charge is 2.23. The van der Waals surface area contributed by atoms with Gasteiger partial charge in [0.05, 0.1) is 56.4 Å². The number of benzene rings is 4. The van der Waals surface area contributed by atoms with Crippen LogP contribution in [0, 0.1) is 0 Å². The minimum absolute atomic E-state index is 0.246. The highest BCUT2D eigenvalue weighted by Crippen LogP contribution is 2.49. The lowest BCUT2D eigenvalue weighted by atomic mass is 10.2. The Labute approximate surface area is 320 Å². The van der Waals surface area contributed by atoms with Gasteiger partial charge in [-0.15, -0.1) is 45.3 Å². The molecule has 10 heteroatoms. The third kappa shape index (κ3) is 5.24. The van der Waals surface area contributed by atoms with Gasteiger partial charge in [-0.3, -0.25) is 0 Å². The molecule has 0 aliphatic carbocycles. The van der Waals surface area contributed by atoms with Gasteiger partial charge in [0.1, 0.15) is 11.5 Å². The molecule has 0 saturated heterocycles. The number of aromatic nitrogens is 2. The summed E-state index contributed by atoms with van der Waals surface area (Å²) in [6.07, 6.45) is 0.663. The molecule has 6 heterocycles. The Hall–Kier alpha value is -5.52. The van der Waals surface area contributed by atoms with Gasteiger partial charge in [-0.2, -0.15) is 0 Å². The van der Waals surface area contributed by atoms with Gasteiger partial charge >= 0.3 is 0 Å². The van der Waals surface area contributed by atoms with Crippen molar-refractivity contribution >= 4 is 89.0 Å². The fourth-order valence-corrected chi connectivity index (χ4v) is 10.9. The molecular weight excluding hydrogens is 737 g/mol. The number of nitrogens with zero attached hydrogens (tertiary/aromatic N) is 2. The van der Waals surface area contributed by atoms with Crippen LogP contribution >= 0.6 is 45.3 Å². The molecule has 0 spiro atoms. The van der Waals surface area contributed by atoms with E-state index in [1.54, 1.807) is 22.7 Å². The van der Waals surface area contributed by atoms with Gasteiger partial charge in [0.2, 0.25) is 0 Å². The van der Waals surface area contributed by atoms with Crippen LogP contribution in [0.5, 0.6) is 23.0 Å². The molecule has 4 aromatic carbocycles. The van der Waals surface area contributed by atoms with E-state index in [-0.39, 0.29) is 11.5 Å². The summed E-state index contributed by atoms with van der Waals surface area (Å²) in [6.45, 7) is 0.911. The molecular formula is C43H30N2O4S4. The van der Waals surface area contributed by atoms with Crippen LogP contribution in [0.2, 0.25) is 0 Å². The van der Waals surface area contributed by atoms with Crippen LogP contribution in [-0.2, 0) is 0 Å². The first-order valence-corrected chi connectivity index (χ1v) is 20.8. The van der Waals surface area contributed by atoms with Crippen molar-refractivity contribution in [1.29, 1.82) is 0 Å². The molecule has 2 N–H and O–H groups in total. The number of para-hydroxylation sites is 4. The van der Waals surface area contributed by atoms with E-state index in [1.807, 2.05) is 56.5 Å². The van der Waals surface area contributed by atoms with Crippen molar-refractivity contribution in [2.45, 2.75) is 6.42 Å². The van der Waals surface area contributed by atoms with Crippen molar-refractivity contribution in [3.63, 3.8) is 0 Å². The highest BCUT2D eigenvalue weighted by molar-refractivity contribution is 7.15. The molecule has 0 radical (unpaired) electrons. The Morgan fingerprint density at radius 2 is 0.811 bits per heavy atom.